The molecule has 1 aromatic rings. The van der Waals surface area contributed by atoms with Crippen LogP contribution in [0.4, 0.5) is 0 Å². The molecule has 2 unspecified atom stereocenters. The molecule has 4 bridgehead atoms. The van der Waals surface area contributed by atoms with Crippen LogP contribution in [0.3, 0.4) is 0 Å². The van der Waals surface area contributed by atoms with Crippen LogP contribution in [0.2, 0.25) is 0 Å². The molecule has 4 fully saturated rings. The van der Waals surface area contributed by atoms with Crippen LogP contribution in [0.5, 0.6) is 11.5 Å². The van der Waals surface area contributed by atoms with E-state index in [0.717, 1.165) is 38.6 Å². The van der Waals surface area contributed by atoms with Crippen LogP contribution in [0.1, 0.15) is 64.5 Å². The van der Waals surface area contributed by atoms with Gasteiger partial charge in [0, 0.05) is 35.5 Å². The first-order valence-electron chi connectivity index (χ1n) is 11.6. The molecule has 1 saturated heterocycles. The lowest BCUT2D eigenvalue weighted by Crippen LogP contribution is -2.83. The minimum Gasteiger partial charge on any atom is -0.504 e. The van der Waals surface area contributed by atoms with Gasteiger partial charge >= 0.3 is 0 Å². The summed E-state index contributed by atoms with van der Waals surface area (Å²) in [6.07, 6.45) is 4.66. The fraction of sp³-hybridized carbons (Fsp3) is 0.760. The summed E-state index contributed by atoms with van der Waals surface area (Å²) in [4.78, 5) is 0. The van der Waals surface area contributed by atoms with E-state index in [1.54, 1.807) is 13.2 Å². The van der Waals surface area contributed by atoms with Gasteiger partial charge in [-0.25, -0.2) is 0 Å². The van der Waals surface area contributed by atoms with Crippen LogP contribution < -0.4 is 10.1 Å². The van der Waals surface area contributed by atoms with E-state index in [1.165, 1.54) is 11.1 Å². The summed E-state index contributed by atoms with van der Waals surface area (Å²) in [7, 11) is 1.80. The zero-order valence-electron chi connectivity index (χ0n) is 18.8. The summed E-state index contributed by atoms with van der Waals surface area (Å²) in [5.74, 6) is 0.887. The second-order valence-corrected chi connectivity index (χ2v) is 11.8. The highest BCUT2D eigenvalue weighted by atomic mass is 16.6. The fourth-order valence-electron chi connectivity index (χ4n) is 8.53. The van der Waals surface area contributed by atoms with Gasteiger partial charge in [0.1, 0.15) is 11.7 Å². The highest BCUT2D eigenvalue weighted by Crippen LogP contribution is 2.77. The summed E-state index contributed by atoms with van der Waals surface area (Å²) in [5, 5.41) is 26.6. The minimum atomic E-state index is -0.910. The van der Waals surface area contributed by atoms with Gasteiger partial charge in [-0.05, 0) is 62.6 Å². The van der Waals surface area contributed by atoms with E-state index in [4.69, 9.17) is 9.47 Å². The summed E-state index contributed by atoms with van der Waals surface area (Å²) < 4.78 is 13.2. The molecule has 0 radical (unpaired) electrons. The Morgan fingerprint density at radius 2 is 1.93 bits per heavy atom. The molecule has 6 aliphatic rings. The maximum absolute atomic E-state index is 12.0. The van der Waals surface area contributed by atoms with E-state index in [0.29, 0.717) is 11.8 Å². The highest BCUT2D eigenvalue weighted by molar-refractivity contribution is 5.63. The van der Waals surface area contributed by atoms with Crippen LogP contribution >= 0.6 is 0 Å². The number of ether oxygens (including phenoxy) is 2. The molecule has 2 aliphatic heterocycles. The van der Waals surface area contributed by atoms with E-state index in [-0.39, 0.29) is 34.0 Å². The lowest BCUT2D eigenvalue weighted by atomic mass is 9.33. The summed E-state index contributed by atoms with van der Waals surface area (Å²) >= 11 is 0. The van der Waals surface area contributed by atoms with Gasteiger partial charge in [-0.2, -0.15) is 0 Å². The fourth-order valence-corrected chi connectivity index (χ4v) is 8.53. The van der Waals surface area contributed by atoms with Crippen molar-refractivity contribution in [2.45, 2.75) is 88.6 Å². The van der Waals surface area contributed by atoms with E-state index >= 15 is 0 Å². The molecule has 164 valence electrons. The number of piperidine rings is 1. The first-order valence-corrected chi connectivity index (χ1v) is 11.6. The molecule has 30 heavy (non-hydrogen) atoms. The Balaban J connectivity index is 1.65. The molecule has 7 atom stereocenters. The van der Waals surface area contributed by atoms with Gasteiger partial charge < -0.3 is 25.0 Å². The molecular weight excluding hydrogens is 378 g/mol. The Morgan fingerprint density at radius 3 is 2.63 bits per heavy atom. The molecule has 7 rings (SSSR count). The second kappa shape index (κ2) is 5.36. The Kier molecular flexibility index (Phi) is 3.46. The number of nitrogens with one attached hydrogen (secondary N) is 1. The maximum Gasteiger partial charge on any atom is 0.165 e. The average Bonchev–Trinajstić information content (AvgIpc) is 3.05. The SMILES string of the molecule is CO[C@]12CC[C@@]3(C[C@@H]1C(C)(O)C(C)(C)C)C1Cc4ccc(O)c5c4[C@@]3(CCN1)[C@H]2O5. The molecule has 0 amide bonds. The normalized spacial score (nSPS) is 44.9. The van der Waals surface area contributed by atoms with E-state index in [2.05, 4.69) is 32.2 Å². The Labute approximate surface area is 179 Å². The van der Waals surface area contributed by atoms with Gasteiger partial charge in [0.25, 0.3) is 0 Å². The van der Waals surface area contributed by atoms with Crippen LogP contribution in [0.25, 0.3) is 0 Å². The predicted molar refractivity (Wildman–Crippen MR) is 114 cm³/mol. The van der Waals surface area contributed by atoms with Crippen molar-refractivity contribution in [3.8, 4) is 11.5 Å². The Bertz CT molecular complexity index is 936. The maximum atomic E-state index is 12.0. The molecule has 5 heteroatoms. The highest BCUT2D eigenvalue weighted by Gasteiger charge is 2.81. The van der Waals surface area contributed by atoms with Crippen molar-refractivity contribution in [2.24, 2.45) is 16.7 Å². The molecule has 2 heterocycles. The third kappa shape index (κ3) is 1.77. The van der Waals surface area contributed by atoms with Crippen LogP contribution in [-0.4, -0.2) is 47.2 Å². The third-order valence-corrected chi connectivity index (χ3v) is 10.4. The minimum absolute atomic E-state index is 0.0160. The standard InChI is InChI=1S/C25H35NO4/c1-21(2,3)22(4,28)16-13-23-8-9-25(16,29-5)20-24(23)10-11-26-17(23)12-14-6-7-15(27)19(30-20)18(14)24/h6-7,16-17,20,26-28H,8-13H2,1-5H3/t16-,17?,20-,22?,23-,24+,25-/m1/s1. The van der Waals surface area contributed by atoms with Crippen LogP contribution in [0, 0.1) is 16.7 Å². The molecular formula is C25H35NO4. The zero-order chi connectivity index (χ0) is 21.3. The van der Waals surface area contributed by atoms with E-state index in [9.17, 15) is 10.2 Å². The summed E-state index contributed by atoms with van der Waals surface area (Å²) in [6.45, 7) is 9.33. The van der Waals surface area contributed by atoms with E-state index < -0.39 is 11.2 Å². The first kappa shape index (κ1) is 19.4. The molecule has 1 aromatic carbocycles. The van der Waals surface area contributed by atoms with Gasteiger partial charge in [-0.1, -0.05) is 26.8 Å². The molecule has 0 aromatic heterocycles. The van der Waals surface area contributed by atoms with Crippen molar-refractivity contribution in [2.75, 3.05) is 13.7 Å². The number of benzene rings is 1. The van der Waals surface area contributed by atoms with Crippen LogP contribution in [0.15, 0.2) is 12.1 Å². The number of rotatable bonds is 2. The number of hydrogen-bond donors (Lipinski definition) is 3. The van der Waals surface area contributed by atoms with Gasteiger partial charge in [0.2, 0.25) is 0 Å². The summed E-state index contributed by atoms with van der Waals surface area (Å²) in [6, 6.07) is 4.26. The molecule has 4 aliphatic carbocycles. The largest absolute Gasteiger partial charge is 0.504 e. The van der Waals surface area contributed by atoms with Crippen LogP contribution in [-0.2, 0) is 16.6 Å². The van der Waals surface area contributed by atoms with Crippen molar-refractivity contribution in [3.05, 3.63) is 23.3 Å². The Morgan fingerprint density at radius 1 is 1.17 bits per heavy atom. The predicted octanol–water partition coefficient (Wildman–Crippen LogP) is 3.29. The van der Waals surface area contributed by atoms with Gasteiger partial charge in [-0.3, -0.25) is 0 Å². The summed E-state index contributed by atoms with van der Waals surface area (Å²) in [5.41, 5.74) is 0.658. The van der Waals surface area contributed by atoms with Gasteiger partial charge in [-0.15, -0.1) is 0 Å². The number of fused-ring (bicyclic) bond motifs is 2. The van der Waals surface area contributed by atoms with E-state index in [1.807, 2.05) is 6.92 Å². The molecule has 2 spiro atoms. The number of phenolic OH excluding ortho intramolecular Hbond substituents is 1. The molecule has 3 N–H and O–H groups in total. The monoisotopic (exact) mass is 413 g/mol. The third-order valence-electron chi connectivity index (χ3n) is 10.4. The number of hydrogen-bond acceptors (Lipinski definition) is 5. The molecule has 3 saturated carbocycles. The van der Waals surface area contributed by atoms with Gasteiger partial charge in [0.05, 0.1) is 5.60 Å². The number of aliphatic hydroxyl groups is 1. The zero-order valence-corrected chi connectivity index (χ0v) is 18.8. The van der Waals surface area contributed by atoms with Crippen molar-refractivity contribution >= 4 is 0 Å². The second-order valence-electron chi connectivity index (χ2n) is 11.8. The number of aromatic hydroxyl groups is 1. The quantitative estimate of drug-likeness (QED) is 0.694. The van der Waals surface area contributed by atoms with Crippen molar-refractivity contribution in [1.82, 2.24) is 5.32 Å². The number of methoxy groups -OCH3 is 1. The lowest BCUT2D eigenvalue weighted by Gasteiger charge is -2.74. The number of phenols is 1. The van der Waals surface area contributed by atoms with Crippen molar-refractivity contribution in [1.29, 1.82) is 0 Å². The van der Waals surface area contributed by atoms with Crippen molar-refractivity contribution in [3.63, 3.8) is 0 Å². The van der Waals surface area contributed by atoms with Gasteiger partial charge in [0.15, 0.2) is 11.5 Å². The molecule has 5 nitrogen and oxygen atoms in total. The Hall–Kier alpha value is -1.30. The first-order chi connectivity index (χ1) is 14.1. The smallest absolute Gasteiger partial charge is 0.165 e. The average molecular weight is 414 g/mol. The topological polar surface area (TPSA) is 71.0 Å². The van der Waals surface area contributed by atoms with Crippen molar-refractivity contribution < 1.29 is 19.7 Å². The lowest BCUT2D eigenvalue weighted by molar-refractivity contribution is -0.303.